The molecule has 0 spiro atoms. The molecule has 2 heterocycles. The van der Waals surface area contributed by atoms with Gasteiger partial charge in [-0.05, 0) is 127 Å². The van der Waals surface area contributed by atoms with Crippen LogP contribution in [-0.2, 0) is 0 Å². The van der Waals surface area contributed by atoms with Gasteiger partial charge in [0.15, 0.2) is 0 Å². The van der Waals surface area contributed by atoms with Crippen LogP contribution in [0.25, 0.3) is 110 Å². The SMILES string of the molecule is CC(C)c1ccc2c(c1)c1cc(-c3ccc(-n4c5ccccc5c5ccccc54)cc3)ccc1n2-c1ccc(-c2c3ccccc3c(-c3ccccc3)c3ccccc23)cc1. The zero-order valence-electron chi connectivity index (χ0n) is 34.2. The van der Waals surface area contributed by atoms with Gasteiger partial charge < -0.3 is 9.13 Å². The van der Waals surface area contributed by atoms with Gasteiger partial charge in [-0.2, -0.15) is 0 Å². The van der Waals surface area contributed by atoms with Crippen LogP contribution < -0.4 is 0 Å². The van der Waals surface area contributed by atoms with Gasteiger partial charge in [0.2, 0.25) is 0 Å². The Morgan fingerprint density at radius 2 is 0.656 bits per heavy atom. The molecule has 10 aromatic carbocycles. The first-order valence-electron chi connectivity index (χ1n) is 21.4. The van der Waals surface area contributed by atoms with Gasteiger partial charge in [0.25, 0.3) is 0 Å². The maximum absolute atomic E-state index is 2.45. The lowest BCUT2D eigenvalue weighted by Gasteiger charge is -2.18. The predicted octanol–water partition coefficient (Wildman–Crippen LogP) is 16.3. The van der Waals surface area contributed by atoms with Crippen LogP contribution in [0.3, 0.4) is 0 Å². The summed E-state index contributed by atoms with van der Waals surface area (Å²) in [6, 6.07) is 78.4. The molecule has 0 radical (unpaired) electrons. The summed E-state index contributed by atoms with van der Waals surface area (Å²) in [5, 5.41) is 10.2. The molecule has 0 aliphatic rings. The number of aromatic nitrogens is 2. The number of rotatable bonds is 6. The zero-order chi connectivity index (χ0) is 40.6. The Labute approximate surface area is 355 Å². The summed E-state index contributed by atoms with van der Waals surface area (Å²) < 4.78 is 4.83. The highest BCUT2D eigenvalue weighted by atomic mass is 15.0. The normalized spacial score (nSPS) is 11.9. The van der Waals surface area contributed by atoms with Crippen molar-refractivity contribution in [2.24, 2.45) is 0 Å². The minimum absolute atomic E-state index is 0.427. The van der Waals surface area contributed by atoms with Gasteiger partial charge in [-0.25, -0.2) is 0 Å². The van der Waals surface area contributed by atoms with E-state index in [1.54, 1.807) is 0 Å². The third-order valence-electron chi connectivity index (χ3n) is 12.9. The summed E-state index contributed by atoms with van der Waals surface area (Å²) in [5.41, 5.74) is 16.0. The largest absolute Gasteiger partial charge is 0.309 e. The molecule has 0 aliphatic carbocycles. The van der Waals surface area contributed by atoms with Crippen LogP contribution in [0.2, 0.25) is 0 Å². The van der Waals surface area contributed by atoms with Gasteiger partial charge in [0.05, 0.1) is 22.1 Å². The molecule has 0 atom stereocenters. The fourth-order valence-electron chi connectivity index (χ4n) is 9.99. The van der Waals surface area contributed by atoms with E-state index in [1.165, 1.54) is 104 Å². The van der Waals surface area contributed by atoms with E-state index in [9.17, 15) is 0 Å². The second-order valence-electron chi connectivity index (χ2n) is 16.7. The molecule has 0 N–H and O–H groups in total. The molecule has 0 unspecified atom stereocenters. The van der Waals surface area contributed by atoms with E-state index in [4.69, 9.17) is 0 Å². The molecule has 2 aromatic heterocycles. The molecule has 61 heavy (non-hydrogen) atoms. The first-order valence-corrected chi connectivity index (χ1v) is 21.4. The lowest BCUT2D eigenvalue weighted by atomic mass is 9.86. The number of para-hydroxylation sites is 2. The van der Waals surface area contributed by atoms with E-state index in [2.05, 4.69) is 235 Å². The Bertz CT molecular complexity index is 3530. The number of hydrogen-bond acceptors (Lipinski definition) is 0. The minimum Gasteiger partial charge on any atom is -0.309 e. The van der Waals surface area contributed by atoms with Gasteiger partial charge in [0.1, 0.15) is 0 Å². The molecular weight excluding hydrogens is 737 g/mol. The maximum atomic E-state index is 2.45. The van der Waals surface area contributed by atoms with E-state index in [1.807, 2.05) is 0 Å². The predicted molar refractivity (Wildman–Crippen MR) is 261 cm³/mol. The molecule has 0 saturated heterocycles. The Morgan fingerprint density at radius 3 is 1.16 bits per heavy atom. The van der Waals surface area contributed by atoms with E-state index in [0.717, 1.165) is 11.4 Å². The molecule has 0 fully saturated rings. The molecule has 0 amide bonds. The van der Waals surface area contributed by atoms with E-state index >= 15 is 0 Å². The Morgan fingerprint density at radius 1 is 0.279 bits per heavy atom. The number of benzene rings is 10. The van der Waals surface area contributed by atoms with Crippen LogP contribution in [0.1, 0.15) is 25.3 Å². The first kappa shape index (κ1) is 35.3. The van der Waals surface area contributed by atoms with Crippen molar-refractivity contribution >= 4 is 65.2 Å². The molecule has 12 rings (SSSR count). The van der Waals surface area contributed by atoms with Crippen molar-refractivity contribution in [1.82, 2.24) is 9.13 Å². The van der Waals surface area contributed by atoms with Crippen LogP contribution in [-0.4, -0.2) is 9.13 Å². The lowest BCUT2D eigenvalue weighted by Crippen LogP contribution is -1.95. The van der Waals surface area contributed by atoms with Crippen molar-refractivity contribution in [3.63, 3.8) is 0 Å². The average Bonchev–Trinajstić information content (AvgIpc) is 3.83. The summed E-state index contributed by atoms with van der Waals surface area (Å²) >= 11 is 0. The Kier molecular flexibility index (Phi) is 8.08. The van der Waals surface area contributed by atoms with Gasteiger partial charge in [-0.3, -0.25) is 0 Å². The van der Waals surface area contributed by atoms with Crippen LogP contribution in [0, 0.1) is 0 Å². The Hall–Kier alpha value is -7.68. The van der Waals surface area contributed by atoms with Gasteiger partial charge >= 0.3 is 0 Å². The van der Waals surface area contributed by atoms with Gasteiger partial charge in [-0.1, -0.05) is 166 Å². The fraction of sp³-hybridized carbons (Fsp3) is 0.0508. The highest BCUT2D eigenvalue weighted by Crippen LogP contribution is 2.44. The van der Waals surface area contributed by atoms with Crippen molar-refractivity contribution in [2.45, 2.75) is 19.8 Å². The first-order chi connectivity index (χ1) is 30.1. The number of nitrogens with zero attached hydrogens (tertiary/aromatic N) is 2. The van der Waals surface area contributed by atoms with Crippen molar-refractivity contribution < 1.29 is 0 Å². The second kappa shape index (κ2) is 14.0. The molecule has 0 saturated carbocycles. The van der Waals surface area contributed by atoms with Crippen molar-refractivity contribution in [3.8, 4) is 44.8 Å². The zero-order valence-corrected chi connectivity index (χ0v) is 34.2. The summed E-state index contributed by atoms with van der Waals surface area (Å²) in [7, 11) is 0. The van der Waals surface area contributed by atoms with Crippen molar-refractivity contribution in [2.75, 3.05) is 0 Å². The van der Waals surface area contributed by atoms with E-state index in [-0.39, 0.29) is 0 Å². The molecule has 2 nitrogen and oxygen atoms in total. The quantitative estimate of drug-likeness (QED) is 0.149. The average molecular weight is 779 g/mol. The van der Waals surface area contributed by atoms with Crippen molar-refractivity contribution in [1.29, 1.82) is 0 Å². The standard InChI is InChI=1S/C59H42N2/c1-38(2)42-28-34-56-52(36-42)53-37-43(39-24-30-44(31-25-39)60-54-22-12-10-16-46(54)47-17-11-13-23-55(47)60)29-35-57(53)61(56)45-32-26-41(27-33-45)59-50-20-8-6-18-48(50)58(40-14-4-3-5-15-40)49-19-7-9-21-51(49)59/h3-38H,1-2H3. The highest BCUT2D eigenvalue weighted by Gasteiger charge is 2.19. The second-order valence-corrected chi connectivity index (χ2v) is 16.7. The van der Waals surface area contributed by atoms with Crippen molar-refractivity contribution in [3.05, 3.63) is 218 Å². The van der Waals surface area contributed by atoms with Crippen LogP contribution in [0.15, 0.2) is 212 Å². The topological polar surface area (TPSA) is 9.86 Å². The van der Waals surface area contributed by atoms with Crippen LogP contribution in [0.5, 0.6) is 0 Å². The molecular formula is C59H42N2. The summed E-state index contributed by atoms with van der Waals surface area (Å²) in [4.78, 5) is 0. The minimum atomic E-state index is 0.427. The smallest absolute Gasteiger partial charge is 0.0541 e. The summed E-state index contributed by atoms with van der Waals surface area (Å²) in [6.45, 7) is 4.56. The Balaban J connectivity index is 0.980. The summed E-state index contributed by atoms with van der Waals surface area (Å²) in [5.74, 6) is 0.427. The van der Waals surface area contributed by atoms with E-state index < -0.39 is 0 Å². The lowest BCUT2D eigenvalue weighted by molar-refractivity contribution is 0.868. The maximum Gasteiger partial charge on any atom is 0.0541 e. The van der Waals surface area contributed by atoms with Crippen LogP contribution >= 0.6 is 0 Å². The van der Waals surface area contributed by atoms with Gasteiger partial charge in [0, 0.05) is 32.9 Å². The van der Waals surface area contributed by atoms with E-state index in [0.29, 0.717) is 5.92 Å². The molecule has 0 aliphatic heterocycles. The third kappa shape index (κ3) is 5.56. The number of hydrogen-bond donors (Lipinski definition) is 0. The van der Waals surface area contributed by atoms with Gasteiger partial charge in [-0.15, -0.1) is 0 Å². The highest BCUT2D eigenvalue weighted by molar-refractivity contribution is 6.21. The fourth-order valence-corrected chi connectivity index (χ4v) is 9.99. The third-order valence-corrected chi connectivity index (χ3v) is 12.9. The number of fused-ring (bicyclic) bond motifs is 8. The van der Waals surface area contributed by atoms with Crippen LogP contribution in [0.4, 0.5) is 0 Å². The molecule has 288 valence electrons. The summed E-state index contributed by atoms with van der Waals surface area (Å²) in [6.07, 6.45) is 0. The molecule has 0 bridgehead atoms. The monoisotopic (exact) mass is 778 g/mol. The molecule has 2 heteroatoms. The molecule has 12 aromatic rings.